The van der Waals surface area contributed by atoms with Gasteiger partial charge in [-0.3, -0.25) is 4.79 Å². The van der Waals surface area contributed by atoms with Crippen LogP contribution in [0, 0.1) is 0 Å². The summed E-state index contributed by atoms with van der Waals surface area (Å²) in [5.41, 5.74) is 8.90. The number of hydrogen-bond acceptors (Lipinski definition) is 5. The average Bonchev–Trinajstić information content (AvgIpc) is 2.50. The van der Waals surface area contributed by atoms with Gasteiger partial charge in [0, 0.05) is 18.5 Å². The zero-order chi connectivity index (χ0) is 15.4. The Morgan fingerprint density at radius 1 is 1.48 bits per heavy atom. The lowest BCUT2D eigenvalue weighted by atomic mass is 10.0. The fourth-order valence-corrected chi connectivity index (χ4v) is 2.03. The quantitative estimate of drug-likeness (QED) is 0.484. The second kappa shape index (κ2) is 6.36. The summed E-state index contributed by atoms with van der Waals surface area (Å²) in [5, 5.41) is 23.6. The van der Waals surface area contributed by atoms with E-state index in [9.17, 15) is 15.0 Å². The first-order valence-electron chi connectivity index (χ1n) is 6.37. The molecule has 8 nitrogen and oxygen atoms in total. The van der Waals surface area contributed by atoms with Gasteiger partial charge in [-0.25, -0.2) is 4.98 Å². The van der Waals surface area contributed by atoms with Gasteiger partial charge in [0.05, 0.1) is 23.3 Å². The van der Waals surface area contributed by atoms with Crippen LogP contribution in [0.4, 0.5) is 0 Å². The standard InChI is InChI=1S/C13H15N5O3/c1-18-7-15-10-3-2-8(6-9(10)13(18)21)12(20)11(19)4-5-16-17-14/h2-3,6-7,11-12,19-20H,4-5H2,1H3. The van der Waals surface area contributed by atoms with Crippen molar-refractivity contribution in [2.24, 2.45) is 12.2 Å². The zero-order valence-electron chi connectivity index (χ0n) is 11.4. The Morgan fingerprint density at radius 2 is 2.24 bits per heavy atom. The van der Waals surface area contributed by atoms with Crippen LogP contribution in [0.15, 0.2) is 34.4 Å². The van der Waals surface area contributed by atoms with E-state index >= 15 is 0 Å². The van der Waals surface area contributed by atoms with Crippen molar-refractivity contribution in [1.29, 1.82) is 0 Å². The van der Waals surface area contributed by atoms with Gasteiger partial charge in [0.2, 0.25) is 0 Å². The first kappa shape index (κ1) is 15.0. The number of aromatic nitrogens is 2. The van der Waals surface area contributed by atoms with Crippen molar-refractivity contribution in [3.8, 4) is 0 Å². The minimum absolute atomic E-state index is 0.0889. The second-order valence-corrected chi connectivity index (χ2v) is 4.69. The van der Waals surface area contributed by atoms with Crippen molar-refractivity contribution in [2.45, 2.75) is 18.6 Å². The Kier molecular flexibility index (Phi) is 4.54. The summed E-state index contributed by atoms with van der Waals surface area (Å²) in [7, 11) is 1.59. The van der Waals surface area contributed by atoms with Crippen LogP contribution in [0.25, 0.3) is 21.3 Å². The third-order valence-electron chi connectivity index (χ3n) is 3.24. The lowest BCUT2D eigenvalue weighted by Gasteiger charge is -2.17. The van der Waals surface area contributed by atoms with Gasteiger partial charge >= 0.3 is 0 Å². The van der Waals surface area contributed by atoms with E-state index in [2.05, 4.69) is 15.0 Å². The van der Waals surface area contributed by atoms with Crippen molar-refractivity contribution in [2.75, 3.05) is 6.54 Å². The van der Waals surface area contributed by atoms with Crippen molar-refractivity contribution >= 4 is 10.9 Å². The van der Waals surface area contributed by atoms with E-state index in [1.807, 2.05) is 0 Å². The van der Waals surface area contributed by atoms with Crippen LogP contribution in [-0.4, -0.2) is 32.4 Å². The van der Waals surface area contributed by atoms with Crippen molar-refractivity contribution < 1.29 is 10.2 Å². The predicted octanol–water partition coefficient (Wildman–Crippen LogP) is 1.03. The third-order valence-corrected chi connectivity index (χ3v) is 3.24. The Labute approximate surface area is 119 Å². The first-order chi connectivity index (χ1) is 10.0. The van der Waals surface area contributed by atoms with E-state index in [-0.39, 0.29) is 18.5 Å². The van der Waals surface area contributed by atoms with Crippen LogP contribution in [0.3, 0.4) is 0 Å². The highest BCUT2D eigenvalue weighted by Crippen LogP contribution is 2.21. The molecule has 1 aromatic heterocycles. The number of benzene rings is 1. The second-order valence-electron chi connectivity index (χ2n) is 4.69. The summed E-state index contributed by atoms with van der Waals surface area (Å²) >= 11 is 0. The van der Waals surface area contributed by atoms with Crippen LogP contribution in [0.1, 0.15) is 18.1 Å². The third kappa shape index (κ3) is 3.19. The van der Waals surface area contributed by atoms with Crippen LogP contribution in [0.5, 0.6) is 0 Å². The van der Waals surface area contributed by atoms with Crippen molar-refractivity contribution in [1.82, 2.24) is 9.55 Å². The van der Waals surface area contributed by atoms with Gasteiger partial charge in [0.25, 0.3) is 5.56 Å². The number of aryl methyl sites for hydroxylation is 1. The van der Waals surface area contributed by atoms with Crippen molar-refractivity contribution in [3.05, 3.63) is 50.9 Å². The smallest absolute Gasteiger partial charge is 0.260 e. The lowest BCUT2D eigenvalue weighted by Crippen LogP contribution is -2.20. The van der Waals surface area contributed by atoms with Crippen LogP contribution in [-0.2, 0) is 7.05 Å². The summed E-state index contributed by atoms with van der Waals surface area (Å²) in [4.78, 5) is 18.7. The van der Waals surface area contributed by atoms with Gasteiger partial charge in [-0.05, 0) is 29.6 Å². The molecular weight excluding hydrogens is 274 g/mol. The molecule has 0 aliphatic heterocycles. The predicted molar refractivity (Wildman–Crippen MR) is 76.6 cm³/mol. The molecule has 0 aliphatic rings. The molecule has 2 rings (SSSR count). The number of fused-ring (bicyclic) bond motifs is 1. The van der Waals surface area contributed by atoms with E-state index < -0.39 is 12.2 Å². The summed E-state index contributed by atoms with van der Waals surface area (Å²) in [6, 6.07) is 4.75. The Balaban J connectivity index is 2.31. The molecule has 0 aliphatic carbocycles. The number of aliphatic hydroxyl groups is 2. The van der Waals surface area contributed by atoms with Crippen LogP contribution >= 0.6 is 0 Å². The maximum atomic E-state index is 12.0. The zero-order valence-corrected chi connectivity index (χ0v) is 11.4. The molecular formula is C13H15N5O3. The monoisotopic (exact) mass is 289 g/mol. The Morgan fingerprint density at radius 3 is 2.95 bits per heavy atom. The molecule has 21 heavy (non-hydrogen) atoms. The highest BCUT2D eigenvalue weighted by molar-refractivity contribution is 5.78. The molecule has 2 atom stereocenters. The lowest BCUT2D eigenvalue weighted by molar-refractivity contribution is 0.0151. The molecule has 0 fully saturated rings. The van der Waals surface area contributed by atoms with Crippen LogP contribution < -0.4 is 5.56 Å². The van der Waals surface area contributed by atoms with Crippen molar-refractivity contribution in [3.63, 3.8) is 0 Å². The highest BCUT2D eigenvalue weighted by Gasteiger charge is 2.18. The van der Waals surface area contributed by atoms with Gasteiger partial charge in [-0.15, -0.1) is 0 Å². The molecule has 110 valence electrons. The van der Waals surface area contributed by atoms with E-state index in [1.165, 1.54) is 17.0 Å². The molecule has 0 spiro atoms. The summed E-state index contributed by atoms with van der Waals surface area (Å²) in [5.74, 6) is 0. The van der Waals surface area contributed by atoms with E-state index in [4.69, 9.17) is 5.53 Å². The molecule has 2 N–H and O–H groups in total. The number of azide groups is 1. The summed E-state index contributed by atoms with van der Waals surface area (Å²) in [6.45, 7) is 0.0889. The van der Waals surface area contributed by atoms with Gasteiger partial charge in [0.1, 0.15) is 6.10 Å². The number of rotatable bonds is 5. The molecule has 1 aromatic carbocycles. The molecule has 0 saturated heterocycles. The van der Waals surface area contributed by atoms with E-state index in [1.54, 1.807) is 19.2 Å². The molecule has 8 heteroatoms. The minimum atomic E-state index is -1.16. The molecule has 0 radical (unpaired) electrons. The Bertz CT molecular complexity index is 751. The minimum Gasteiger partial charge on any atom is -0.390 e. The first-order valence-corrected chi connectivity index (χ1v) is 6.37. The maximum absolute atomic E-state index is 12.0. The van der Waals surface area contributed by atoms with E-state index in [0.717, 1.165) is 0 Å². The van der Waals surface area contributed by atoms with Gasteiger partial charge < -0.3 is 14.8 Å². The fraction of sp³-hybridized carbons (Fsp3) is 0.385. The highest BCUT2D eigenvalue weighted by atomic mass is 16.3. The number of aliphatic hydroxyl groups excluding tert-OH is 2. The normalized spacial score (nSPS) is 13.7. The molecule has 2 aromatic rings. The number of nitrogens with zero attached hydrogens (tertiary/aromatic N) is 5. The van der Waals surface area contributed by atoms with Gasteiger partial charge in [0.15, 0.2) is 0 Å². The SMILES string of the molecule is Cn1cnc2ccc(C(O)C(O)CCN=[N+]=[N-])cc2c1=O. The molecule has 1 heterocycles. The summed E-state index contributed by atoms with van der Waals surface area (Å²) < 4.78 is 1.34. The largest absolute Gasteiger partial charge is 0.390 e. The van der Waals surface area contributed by atoms with Gasteiger partial charge in [-0.1, -0.05) is 11.2 Å². The molecule has 0 amide bonds. The van der Waals surface area contributed by atoms with Crippen LogP contribution in [0.2, 0.25) is 0 Å². The van der Waals surface area contributed by atoms with E-state index in [0.29, 0.717) is 16.5 Å². The van der Waals surface area contributed by atoms with Gasteiger partial charge in [-0.2, -0.15) is 0 Å². The average molecular weight is 289 g/mol. The Hall–Kier alpha value is -2.41. The molecule has 0 bridgehead atoms. The molecule has 2 unspecified atom stereocenters. The summed E-state index contributed by atoms with van der Waals surface area (Å²) in [6.07, 6.45) is -0.675. The maximum Gasteiger partial charge on any atom is 0.260 e. The number of hydrogen-bond donors (Lipinski definition) is 2. The topological polar surface area (TPSA) is 124 Å². The molecule has 0 saturated carbocycles. The fourth-order valence-electron chi connectivity index (χ4n) is 2.03.